The molecular weight excluding hydrogens is 414 g/mol. The first-order chi connectivity index (χ1) is 13.0. The zero-order valence-electron chi connectivity index (χ0n) is 14.7. The number of benzene rings is 2. The summed E-state index contributed by atoms with van der Waals surface area (Å²) in [6, 6.07) is 12.0. The number of halogens is 1. The Balaban J connectivity index is 1.80. The van der Waals surface area contributed by atoms with Crippen molar-refractivity contribution >= 4 is 34.0 Å². The molecule has 2 aromatic rings. The van der Waals surface area contributed by atoms with Crippen molar-refractivity contribution < 1.29 is 19.4 Å². The predicted molar refractivity (Wildman–Crippen MR) is 106 cm³/mol. The molecule has 0 aliphatic rings. The third kappa shape index (κ3) is 6.41. The van der Waals surface area contributed by atoms with Gasteiger partial charge >= 0.3 is 0 Å². The summed E-state index contributed by atoms with van der Waals surface area (Å²) >= 11 is 3.24. The smallest absolute Gasteiger partial charge is 0.251 e. The van der Waals surface area contributed by atoms with E-state index in [-0.39, 0.29) is 30.5 Å². The molecule has 0 aromatic heterocycles. The Morgan fingerprint density at radius 1 is 1.26 bits per heavy atom. The molecule has 7 nitrogen and oxygen atoms in total. The van der Waals surface area contributed by atoms with Crippen molar-refractivity contribution in [1.29, 1.82) is 0 Å². The summed E-state index contributed by atoms with van der Waals surface area (Å²) < 4.78 is 5.79. The number of nitrogens with zero attached hydrogens (tertiary/aromatic N) is 1. The summed E-state index contributed by atoms with van der Waals surface area (Å²) in [5.41, 5.74) is 3.57. The Morgan fingerprint density at radius 2 is 2.00 bits per heavy atom. The lowest BCUT2D eigenvalue weighted by Gasteiger charge is -2.08. The average molecular weight is 434 g/mol. The number of amides is 2. The monoisotopic (exact) mass is 433 g/mol. The van der Waals surface area contributed by atoms with Gasteiger partial charge in [-0.1, -0.05) is 18.2 Å². The number of carbonyl (C=O) groups excluding carboxylic acids is 2. The van der Waals surface area contributed by atoms with E-state index in [9.17, 15) is 14.7 Å². The van der Waals surface area contributed by atoms with E-state index in [4.69, 9.17) is 4.74 Å². The van der Waals surface area contributed by atoms with Gasteiger partial charge in [0.2, 0.25) is 5.91 Å². The number of hydrogen-bond acceptors (Lipinski definition) is 5. The third-order valence-electron chi connectivity index (χ3n) is 3.43. The van der Waals surface area contributed by atoms with E-state index in [1.54, 1.807) is 36.4 Å². The van der Waals surface area contributed by atoms with Crippen LogP contribution in [0, 0.1) is 0 Å². The van der Waals surface area contributed by atoms with Gasteiger partial charge in [-0.15, -0.1) is 0 Å². The van der Waals surface area contributed by atoms with Crippen LogP contribution in [-0.4, -0.2) is 36.3 Å². The molecule has 2 amide bonds. The van der Waals surface area contributed by atoms with Crippen molar-refractivity contribution in [2.45, 2.75) is 13.3 Å². The molecular formula is C19H20BrN3O4. The van der Waals surface area contributed by atoms with E-state index >= 15 is 0 Å². The highest BCUT2D eigenvalue weighted by Gasteiger charge is 2.09. The van der Waals surface area contributed by atoms with Crippen molar-refractivity contribution in [1.82, 2.24) is 10.7 Å². The average Bonchev–Trinajstić information content (AvgIpc) is 2.66. The summed E-state index contributed by atoms with van der Waals surface area (Å²) in [4.78, 5) is 23.7. The van der Waals surface area contributed by atoms with Crippen LogP contribution in [0.2, 0.25) is 0 Å². The van der Waals surface area contributed by atoms with E-state index in [1.807, 2.05) is 13.0 Å². The standard InChI is InChI=1S/C19H20BrN3O4/c1-2-27-16-11-13(10-15(20)18(16)25)12-22-23-17(24)8-9-21-19(26)14-6-4-3-5-7-14/h3-7,10-12,25H,2,8-9H2,1H3,(H,21,26)(H,23,24). The van der Waals surface area contributed by atoms with E-state index in [0.29, 0.717) is 28.0 Å². The fourth-order valence-electron chi connectivity index (χ4n) is 2.15. The van der Waals surface area contributed by atoms with Crippen LogP contribution in [0.25, 0.3) is 0 Å². The van der Waals surface area contributed by atoms with Gasteiger partial charge in [-0.05, 0) is 52.7 Å². The zero-order chi connectivity index (χ0) is 19.6. The summed E-state index contributed by atoms with van der Waals surface area (Å²) in [7, 11) is 0. The van der Waals surface area contributed by atoms with Gasteiger partial charge < -0.3 is 15.2 Å². The topological polar surface area (TPSA) is 100 Å². The number of hydrazone groups is 1. The molecule has 0 radical (unpaired) electrons. The maximum absolute atomic E-state index is 11.9. The first kappa shape index (κ1) is 20.4. The molecule has 2 rings (SSSR count). The highest BCUT2D eigenvalue weighted by atomic mass is 79.9. The molecule has 27 heavy (non-hydrogen) atoms. The quantitative estimate of drug-likeness (QED) is 0.440. The van der Waals surface area contributed by atoms with Crippen LogP contribution in [0.5, 0.6) is 11.5 Å². The van der Waals surface area contributed by atoms with Gasteiger partial charge in [0.15, 0.2) is 11.5 Å². The molecule has 0 aliphatic carbocycles. The van der Waals surface area contributed by atoms with Crippen molar-refractivity contribution in [3.8, 4) is 11.5 Å². The normalized spacial score (nSPS) is 10.6. The molecule has 0 fully saturated rings. The molecule has 0 aliphatic heterocycles. The molecule has 0 heterocycles. The van der Waals surface area contributed by atoms with Gasteiger partial charge in [0.05, 0.1) is 17.3 Å². The molecule has 0 saturated carbocycles. The molecule has 142 valence electrons. The van der Waals surface area contributed by atoms with Crippen LogP contribution in [0.3, 0.4) is 0 Å². The Morgan fingerprint density at radius 3 is 2.70 bits per heavy atom. The summed E-state index contributed by atoms with van der Waals surface area (Å²) in [5, 5.41) is 16.4. The first-order valence-electron chi connectivity index (χ1n) is 8.31. The maximum Gasteiger partial charge on any atom is 0.251 e. The molecule has 0 bridgehead atoms. The maximum atomic E-state index is 11.9. The SMILES string of the molecule is CCOc1cc(C=NNC(=O)CCNC(=O)c2ccccc2)cc(Br)c1O. The van der Waals surface area contributed by atoms with Crippen molar-refractivity contribution in [3.63, 3.8) is 0 Å². The number of hydrogen-bond donors (Lipinski definition) is 3. The van der Waals surface area contributed by atoms with Gasteiger partial charge in [0.25, 0.3) is 5.91 Å². The van der Waals surface area contributed by atoms with Gasteiger partial charge in [-0.3, -0.25) is 9.59 Å². The van der Waals surface area contributed by atoms with E-state index in [2.05, 4.69) is 31.8 Å². The molecule has 0 atom stereocenters. The van der Waals surface area contributed by atoms with Gasteiger partial charge in [0, 0.05) is 18.5 Å². The second kappa shape index (κ2) is 10.3. The number of carbonyl (C=O) groups is 2. The third-order valence-corrected chi connectivity index (χ3v) is 4.03. The second-order valence-electron chi connectivity index (χ2n) is 5.45. The number of nitrogens with one attached hydrogen (secondary N) is 2. The minimum atomic E-state index is -0.331. The molecule has 8 heteroatoms. The Bertz CT molecular complexity index is 825. The van der Waals surface area contributed by atoms with Crippen molar-refractivity contribution in [2.75, 3.05) is 13.2 Å². The number of phenolic OH excluding ortho intramolecular Hbond substituents is 1. The van der Waals surface area contributed by atoms with Gasteiger partial charge in [-0.25, -0.2) is 5.43 Å². The number of rotatable bonds is 8. The van der Waals surface area contributed by atoms with Crippen LogP contribution in [0.1, 0.15) is 29.3 Å². The predicted octanol–water partition coefficient (Wildman–Crippen LogP) is 2.82. The van der Waals surface area contributed by atoms with Gasteiger partial charge in [0.1, 0.15) is 0 Å². The van der Waals surface area contributed by atoms with E-state index in [0.717, 1.165) is 0 Å². The van der Waals surface area contributed by atoms with Gasteiger partial charge in [-0.2, -0.15) is 5.10 Å². The molecule has 3 N–H and O–H groups in total. The fraction of sp³-hybridized carbons (Fsp3) is 0.211. The Kier molecular flexibility index (Phi) is 7.81. The lowest BCUT2D eigenvalue weighted by atomic mass is 10.2. The van der Waals surface area contributed by atoms with Crippen molar-refractivity contribution in [3.05, 3.63) is 58.1 Å². The molecule has 0 spiro atoms. The van der Waals surface area contributed by atoms with Crippen LogP contribution in [0.15, 0.2) is 52.0 Å². The van der Waals surface area contributed by atoms with Crippen LogP contribution in [0.4, 0.5) is 0 Å². The zero-order valence-corrected chi connectivity index (χ0v) is 16.3. The fourth-order valence-corrected chi connectivity index (χ4v) is 2.61. The molecule has 2 aromatic carbocycles. The van der Waals surface area contributed by atoms with Crippen LogP contribution >= 0.6 is 15.9 Å². The lowest BCUT2D eigenvalue weighted by Crippen LogP contribution is -2.28. The van der Waals surface area contributed by atoms with E-state index < -0.39 is 0 Å². The van der Waals surface area contributed by atoms with Crippen molar-refractivity contribution in [2.24, 2.45) is 5.10 Å². The summed E-state index contributed by atoms with van der Waals surface area (Å²) in [6.45, 7) is 2.42. The second-order valence-corrected chi connectivity index (χ2v) is 6.30. The Hall–Kier alpha value is -2.87. The number of aromatic hydroxyl groups is 1. The highest BCUT2D eigenvalue weighted by molar-refractivity contribution is 9.10. The molecule has 0 saturated heterocycles. The van der Waals surface area contributed by atoms with Crippen LogP contribution < -0.4 is 15.5 Å². The largest absolute Gasteiger partial charge is 0.503 e. The summed E-state index contributed by atoms with van der Waals surface area (Å²) in [6.07, 6.45) is 1.53. The van der Waals surface area contributed by atoms with Crippen LogP contribution in [-0.2, 0) is 4.79 Å². The minimum absolute atomic E-state index is 0.00666. The minimum Gasteiger partial charge on any atom is -0.503 e. The Labute approximate surface area is 165 Å². The first-order valence-corrected chi connectivity index (χ1v) is 9.11. The van der Waals surface area contributed by atoms with E-state index in [1.165, 1.54) is 6.21 Å². The summed E-state index contributed by atoms with van der Waals surface area (Å²) in [5.74, 6) is -0.234. The lowest BCUT2D eigenvalue weighted by molar-refractivity contribution is -0.120. The number of phenols is 1. The number of ether oxygens (including phenoxy) is 1. The molecule has 0 unspecified atom stereocenters. The highest BCUT2D eigenvalue weighted by Crippen LogP contribution is 2.34.